The maximum atomic E-state index is 11.4. The summed E-state index contributed by atoms with van der Waals surface area (Å²) >= 11 is 1.54. The minimum absolute atomic E-state index is 0.0540. The average molecular weight is 413 g/mol. The van der Waals surface area contributed by atoms with Crippen molar-refractivity contribution in [2.45, 2.75) is 62.8 Å². The molecule has 2 heterocycles. The molecule has 0 bridgehead atoms. The summed E-state index contributed by atoms with van der Waals surface area (Å²) in [4.78, 5) is 15.9. The van der Waals surface area contributed by atoms with Gasteiger partial charge in [0.05, 0.1) is 10.9 Å². The highest BCUT2D eigenvalue weighted by atomic mass is 32.2. The third-order valence-electron chi connectivity index (χ3n) is 4.61. The molecule has 3 aromatic rings. The van der Waals surface area contributed by atoms with Crippen LogP contribution in [0.2, 0.25) is 0 Å². The molecule has 2 aromatic heterocycles. The van der Waals surface area contributed by atoms with Gasteiger partial charge < -0.3 is 9.84 Å². The van der Waals surface area contributed by atoms with Crippen LogP contribution in [0.3, 0.4) is 0 Å². The van der Waals surface area contributed by atoms with E-state index in [0.29, 0.717) is 11.8 Å². The molecule has 0 aliphatic heterocycles. The highest BCUT2D eigenvalue weighted by molar-refractivity contribution is 7.99. The molecule has 29 heavy (non-hydrogen) atoms. The van der Waals surface area contributed by atoms with Crippen molar-refractivity contribution in [3.05, 3.63) is 41.8 Å². The van der Waals surface area contributed by atoms with Gasteiger partial charge in [0, 0.05) is 24.9 Å². The minimum atomic E-state index is -0.101. The van der Waals surface area contributed by atoms with Crippen molar-refractivity contribution in [1.82, 2.24) is 24.9 Å². The van der Waals surface area contributed by atoms with Crippen molar-refractivity contribution in [3.8, 4) is 5.69 Å². The van der Waals surface area contributed by atoms with Crippen LogP contribution in [0.25, 0.3) is 5.69 Å². The molecule has 1 aliphatic rings. The number of amides is 1. The number of hydrogen-bond acceptors (Lipinski definition) is 7. The number of thioether (sulfide) groups is 1. The number of aromatic nitrogens is 5. The predicted octanol–water partition coefficient (Wildman–Crippen LogP) is 4.29. The van der Waals surface area contributed by atoms with Crippen molar-refractivity contribution in [1.29, 1.82) is 0 Å². The van der Waals surface area contributed by atoms with E-state index in [9.17, 15) is 4.79 Å². The average Bonchev–Trinajstić information content (AvgIpc) is 3.27. The van der Waals surface area contributed by atoms with E-state index in [1.807, 2.05) is 31.2 Å². The molecule has 4 rings (SSSR count). The molecule has 152 valence electrons. The normalized spacial score (nSPS) is 14.7. The van der Waals surface area contributed by atoms with Gasteiger partial charge in [-0.1, -0.05) is 29.9 Å². The number of hydrogen-bond donors (Lipinski definition) is 1. The summed E-state index contributed by atoms with van der Waals surface area (Å²) in [5, 5.41) is 16.5. The van der Waals surface area contributed by atoms with Gasteiger partial charge in [0.15, 0.2) is 11.0 Å². The van der Waals surface area contributed by atoms with Crippen molar-refractivity contribution in [2.75, 3.05) is 5.32 Å². The number of carbonyl (C=O) groups is 1. The highest BCUT2D eigenvalue weighted by Crippen LogP contribution is 2.43. The highest BCUT2D eigenvalue weighted by Gasteiger charge is 2.32. The first kappa shape index (κ1) is 19.6. The van der Waals surface area contributed by atoms with Crippen molar-refractivity contribution < 1.29 is 9.32 Å². The van der Waals surface area contributed by atoms with E-state index in [0.717, 1.165) is 53.9 Å². The Morgan fingerprint density at radius 3 is 2.93 bits per heavy atom. The molecule has 8 nitrogen and oxygen atoms in total. The zero-order valence-electron chi connectivity index (χ0n) is 16.8. The molecule has 1 aliphatic carbocycles. The lowest BCUT2D eigenvalue weighted by Gasteiger charge is -2.13. The topological polar surface area (TPSA) is 98.7 Å². The Hall–Kier alpha value is -2.68. The molecule has 1 aromatic carbocycles. The number of rotatable bonds is 8. The first-order valence-corrected chi connectivity index (χ1v) is 10.8. The fourth-order valence-electron chi connectivity index (χ4n) is 3.10. The van der Waals surface area contributed by atoms with Crippen molar-refractivity contribution in [3.63, 3.8) is 0 Å². The Balaban J connectivity index is 1.63. The van der Waals surface area contributed by atoms with E-state index < -0.39 is 0 Å². The zero-order chi connectivity index (χ0) is 20.4. The van der Waals surface area contributed by atoms with Crippen LogP contribution in [-0.2, 0) is 11.2 Å². The quantitative estimate of drug-likeness (QED) is 0.551. The molecule has 1 N–H and O–H groups in total. The molecule has 0 saturated heterocycles. The van der Waals surface area contributed by atoms with E-state index in [4.69, 9.17) is 4.52 Å². The van der Waals surface area contributed by atoms with E-state index in [1.165, 1.54) is 6.92 Å². The number of nitrogens with one attached hydrogen (secondary N) is 1. The summed E-state index contributed by atoms with van der Waals surface area (Å²) in [6.07, 6.45) is 4.02. The lowest BCUT2D eigenvalue weighted by molar-refractivity contribution is -0.114. The van der Waals surface area contributed by atoms with Gasteiger partial charge in [-0.25, -0.2) is 0 Å². The fraction of sp³-hybridized carbons (Fsp3) is 0.450. The molecular formula is C20H24N6O2S. The van der Waals surface area contributed by atoms with Gasteiger partial charge in [0.25, 0.3) is 0 Å². The van der Waals surface area contributed by atoms with Crippen molar-refractivity contribution >= 4 is 23.4 Å². The van der Waals surface area contributed by atoms with Gasteiger partial charge in [-0.2, -0.15) is 4.98 Å². The van der Waals surface area contributed by atoms with Crippen LogP contribution < -0.4 is 5.32 Å². The molecular weight excluding hydrogens is 388 g/mol. The fourth-order valence-corrected chi connectivity index (χ4v) is 4.00. The van der Waals surface area contributed by atoms with Gasteiger partial charge in [0.1, 0.15) is 5.82 Å². The van der Waals surface area contributed by atoms with E-state index >= 15 is 0 Å². The minimum Gasteiger partial charge on any atom is -0.338 e. The Kier molecular flexibility index (Phi) is 5.66. The largest absolute Gasteiger partial charge is 0.338 e. The van der Waals surface area contributed by atoms with E-state index in [2.05, 4.69) is 37.1 Å². The van der Waals surface area contributed by atoms with Crippen LogP contribution in [0.4, 0.5) is 5.69 Å². The second kappa shape index (κ2) is 8.36. The molecule has 9 heteroatoms. The summed E-state index contributed by atoms with van der Waals surface area (Å²) < 4.78 is 7.52. The lowest BCUT2D eigenvalue weighted by atomic mass is 10.2. The van der Waals surface area contributed by atoms with Crippen molar-refractivity contribution in [2.24, 2.45) is 0 Å². The van der Waals surface area contributed by atoms with Gasteiger partial charge in [0.2, 0.25) is 11.8 Å². The third kappa shape index (κ3) is 4.50. The summed E-state index contributed by atoms with van der Waals surface area (Å²) in [6, 6.07) is 7.73. The molecule has 1 fully saturated rings. The lowest BCUT2D eigenvalue weighted by Crippen LogP contribution is -2.07. The van der Waals surface area contributed by atoms with Crippen LogP contribution in [-0.4, -0.2) is 30.8 Å². The molecule has 0 radical (unpaired) electrons. The molecule has 1 saturated carbocycles. The SMILES string of the molecule is CCCc1noc(C(C)Sc2nnc(C3CC3)n2-c2cccc(NC(C)=O)c2)n1. The number of anilines is 1. The van der Waals surface area contributed by atoms with Crippen LogP contribution in [0.15, 0.2) is 33.9 Å². The van der Waals surface area contributed by atoms with Crippen LogP contribution >= 0.6 is 11.8 Å². The number of aryl methyl sites for hydroxylation is 1. The summed E-state index contributed by atoms with van der Waals surface area (Å²) in [7, 11) is 0. The third-order valence-corrected chi connectivity index (χ3v) is 5.64. The number of carbonyl (C=O) groups excluding carboxylic acids is 1. The van der Waals surface area contributed by atoms with Crippen LogP contribution in [0, 0.1) is 0 Å². The maximum absolute atomic E-state index is 11.4. The summed E-state index contributed by atoms with van der Waals surface area (Å²) in [6.45, 7) is 5.61. The zero-order valence-corrected chi connectivity index (χ0v) is 17.6. The van der Waals surface area contributed by atoms with Gasteiger partial charge in [-0.15, -0.1) is 10.2 Å². The standard InChI is InChI=1S/C20H24N6O2S/c1-4-6-17-22-19(28-25-17)12(2)29-20-24-23-18(14-9-10-14)26(20)16-8-5-7-15(11-16)21-13(3)27/h5,7-8,11-12,14H,4,6,9-10H2,1-3H3,(H,21,27). The molecule has 0 spiro atoms. The number of benzene rings is 1. The monoisotopic (exact) mass is 412 g/mol. The Morgan fingerprint density at radius 2 is 2.21 bits per heavy atom. The first-order valence-electron chi connectivity index (χ1n) is 9.87. The second-order valence-corrected chi connectivity index (χ2v) is 8.55. The number of nitrogens with zero attached hydrogens (tertiary/aromatic N) is 5. The molecule has 1 unspecified atom stereocenters. The van der Waals surface area contributed by atoms with Gasteiger partial charge in [-0.3, -0.25) is 9.36 Å². The Bertz CT molecular complexity index is 1010. The van der Waals surface area contributed by atoms with Crippen LogP contribution in [0.5, 0.6) is 0 Å². The molecule has 1 atom stereocenters. The van der Waals surface area contributed by atoms with Gasteiger partial charge >= 0.3 is 0 Å². The summed E-state index contributed by atoms with van der Waals surface area (Å²) in [5.41, 5.74) is 1.67. The van der Waals surface area contributed by atoms with Gasteiger partial charge in [-0.05, 0) is 44.4 Å². The summed E-state index contributed by atoms with van der Waals surface area (Å²) in [5.74, 6) is 2.61. The predicted molar refractivity (Wildman–Crippen MR) is 110 cm³/mol. The Labute approximate surface area is 173 Å². The maximum Gasteiger partial charge on any atom is 0.239 e. The van der Waals surface area contributed by atoms with E-state index in [1.54, 1.807) is 11.8 Å². The second-order valence-electron chi connectivity index (χ2n) is 7.24. The Morgan fingerprint density at radius 1 is 1.38 bits per heavy atom. The first-order chi connectivity index (χ1) is 14.0. The van der Waals surface area contributed by atoms with Crippen LogP contribution in [0.1, 0.15) is 68.7 Å². The molecule has 1 amide bonds. The smallest absolute Gasteiger partial charge is 0.239 e. The van der Waals surface area contributed by atoms with E-state index in [-0.39, 0.29) is 11.2 Å².